The van der Waals surface area contributed by atoms with Crippen molar-refractivity contribution in [2.45, 2.75) is 0 Å². The van der Waals surface area contributed by atoms with E-state index >= 15 is 0 Å². The molecular formula is C19H12FNO2. The number of hydrogen-bond acceptors (Lipinski definition) is 3. The Morgan fingerprint density at radius 2 is 1.78 bits per heavy atom. The van der Waals surface area contributed by atoms with Crippen molar-refractivity contribution in [3.8, 4) is 12.3 Å². The fraction of sp³-hybridized carbons (Fsp3) is 0.0526. The van der Waals surface area contributed by atoms with E-state index in [1.807, 2.05) is 12.1 Å². The molecule has 0 saturated heterocycles. The Labute approximate surface area is 133 Å². The van der Waals surface area contributed by atoms with Crippen LogP contribution in [0.4, 0.5) is 10.1 Å². The minimum absolute atomic E-state index is 0.00354. The molecule has 0 aliphatic heterocycles. The topological polar surface area (TPSA) is 38.7 Å². The van der Waals surface area contributed by atoms with Gasteiger partial charge in [0.15, 0.2) is 5.76 Å². The number of carbonyl (C=O) groups excluding carboxylic acids is 1. The first kappa shape index (κ1) is 14.7. The first-order valence-corrected chi connectivity index (χ1v) is 6.95. The summed E-state index contributed by atoms with van der Waals surface area (Å²) in [6, 6.07) is 12.9. The Bertz CT molecular complexity index is 858. The van der Waals surface area contributed by atoms with E-state index in [9.17, 15) is 9.18 Å². The quantitative estimate of drug-likeness (QED) is 0.811. The van der Waals surface area contributed by atoms with Gasteiger partial charge in [0.05, 0.1) is 11.4 Å². The number of fused-ring (bicyclic) bond motifs is 1. The lowest BCUT2D eigenvalue weighted by Crippen LogP contribution is -2.19. The highest BCUT2D eigenvalue weighted by molar-refractivity contribution is 6.25. The zero-order chi connectivity index (χ0) is 16.2. The summed E-state index contributed by atoms with van der Waals surface area (Å²) in [4.78, 5) is 16.9. The molecule has 0 N–H and O–H groups in total. The van der Waals surface area contributed by atoms with E-state index in [2.05, 4.69) is 10.9 Å². The van der Waals surface area contributed by atoms with Crippen LogP contribution >= 0.6 is 0 Å². The minimum Gasteiger partial charge on any atom is -0.477 e. The number of aliphatic imine (C=N–C) groups is 1. The summed E-state index contributed by atoms with van der Waals surface area (Å²) >= 11 is 0. The molecule has 0 bridgehead atoms. The molecule has 0 atom stereocenters. The second kappa shape index (κ2) is 6.29. The average Bonchev–Trinajstić information content (AvgIpc) is 2.58. The lowest BCUT2D eigenvalue weighted by molar-refractivity contribution is 0.0937. The number of rotatable bonds is 3. The second-order valence-electron chi connectivity index (χ2n) is 4.85. The second-order valence-corrected chi connectivity index (χ2v) is 4.85. The van der Waals surface area contributed by atoms with E-state index in [1.54, 1.807) is 30.3 Å². The van der Waals surface area contributed by atoms with Crippen LogP contribution in [0.5, 0.6) is 0 Å². The molecule has 0 heterocycles. The Morgan fingerprint density at radius 1 is 1.09 bits per heavy atom. The highest BCUT2D eigenvalue weighted by Gasteiger charge is 2.25. The SMILES string of the molecule is C#CCOC1=CC(=Nc2ccc(F)cc2)c2ccccc2C1=O. The number of nitrogens with zero attached hydrogens (tertiary/aromatic N) is 1. The molecule has 0 saturated carbocycles. The number of allylic oxidation sites excluding steroid dienone is 2. The number of carbonyl (C=O) groups is 1. The largest absolute Gasteiger partial charge is 0.477 e. The molecule has 1 aliphatic rings. The van der Waals surface area contributed by atoms with Crippen molar-refractivity contribution in [3.63, 3.8) is 0 Å². The van der Waals surface area contributed by atoms with E-state index in [4.69, 9.17) is 11.2 Å². The molecule has 112 valence electrons. The maximum atomic E-state index is 13.0. The van der Waals surface area contributed by atoms with Crippen LogP contribution in [0.25, 0.3) is 0 Å². The first-order valence-electron chi connectivity index (χ1n) is 6.95. The maximum Gasteiger partial charge on any atom is 0.228 e. The molecule has 2 aromatic rings. The summed E-state index contributed by atoms with van der Waals surface area (Å²) in [6.45, 7) is 0.00354. The molecule has 2 aromatic carbocycles. The molecule has 1 aliphatic carbocycles. The smallest absolute Gasteiger partial charge is 0.228 e. The zero-order valence-corrected chi connectivity index (χ0v) is 12.1. The zero-order valence-electron chi connectivity index (χ0n) is 12.1. The van der Waals surface area contributed by atoms with Crippen LogP contribution in [-0.4, -0.2) is 18.1 Å². The molecule has 0 unspecified atom stereocenters. The number of benzene rings is 2. The number of Topliss-reactive ketones (excluding diaryl/α,β-unsaturated/α-hetero) is 1. The van der Waals surface area contributed by atoms with E-state index in [1.165, 1.54) is 12.1 Å². The predicted octanol–water partition coefficient (Wildman–Crippen LogP) is 3.68. The van der Waals surface area contributed by atoms with Crippen molar-refractivity contribution in [2.24, 2.45) is 4.99 Å². The first-order chi connectivity index (χ1) is 11.2. The van der Waals surface area contributed by atoms with Crippen molar-refractivity contribution in [1.29, 1.82) is 0 Å². The van der Waals surface area contributed by atoms with Crippen LogP contribution in [0.15, 0.2) is 65.4 Å². The number of ether oxygens (including phenoxy) is 1. The number of hydrogen-bond donors (Lipinski definition) is 0. The van der Waals surface area contributed by atoms with Crippen molar-refractivity contribution in [2.75, 3.05) is 6.61 Å². The van der Waals surface area contributed by atoms with Crippen LogP contribution in [-0.2, 0) is 4.74 Å². The molecule has 0 fully saturated rings. The van der Waals surface area contributed by atoms with Gasteiger partial charge in [0.2, 0.25) is 5.78 Å². The molecule has 23 heavy (non-hydrogen) atoms. The summed E-state index contributed by atoms with van der Waals surface area (Å²) in [5.74, 6) is 1.93. The van der Waals surface area contributed by atoms with Gasteiger partial charge < -0.3 is 4.74 Å². The van der Waals surface area contributed by atoms with Gasteiger partial charge in [-0.05, 0) is 24.3 Å². The molecule has 0 amide bonds. The van der Waals surface area contributed by atoms with Crippen molar-refractivity contribution < 1.29 is 13.9 Å². The Morgan fingerprint density at radius 3 is 2.48 bits per heavy atom. The molecule has 0 spiro atoms. The lowest BCUT2D eigenvalue weighted by atomic mass is 9.93. The Hall–Kier alpha value is -3.19. The van der Waals surface area contributed by atoms with Crippen LogP contribution < -0.4 is 0 Å². The van der Waals surface area contributed by atoms with E-state index in [0.29, 0.717) is 22.5 Å². The summed E-state index contributed by atoms with van der Waals surface area (Å²) in [7, 11) is 0. The summed E-state index contributed by atoms with van der Waals surface area (Å²) in [5, 5.41) is 0. The summed E-state index contributed by atoms with van der Waals surface area (Å²) in [5.41, 5.74) is 2.36. The maximum absolute atomic E-state index is 13.0. The Balaban J connectivity index is 2.08. The minimum atomic E-state index is -0.332. The highest BCUT2D eigenvalue weighted by Crippen LogP contribution is 2.24. The molecule has 0 radical (unpaired) electrons. The summed E-state index contributed by atoms with van der Waals surface area (Å²) < 4.78 is 18.3. The number of terminal acetylenes is 1. The van der Waals surface area contributed by atoms with E-state index in [-0.39, 0.29) is 24.0 Å². The number of ketones is 1. The molecule has 3 nitrogen and oxygen atoms in total. The molecule has 3 rings (SSSR count). The van der Waals surface area contributed by atoms with Gasteiger partial charge in [0.1, 0.15) is 12.4 Å². The van der Waals surface area contributed by atoms with Crippen molar-refractivity contribution >= 4 is 17.2 Å². The molecular weight excluding hydrogens is 293 g/mol. The van der Waals surface area contributed by atoms with E-state index < -0.39 is 0 Å². The highest BCUT2D eigenvalue weighted by atomic mass is 19.1. The van der Waals surface area contributed by atoms with Crippen LogP contribution in [0.2, 0.25) is 0 Å². The average molecular weight is 305 g/mol. The molecule has 0 aromatic heterocycles. The van der Waals surface area contributed by atoms with Crippen LogP contribution in [0.3, 0.4) is 0 Å². The third kappa shape index (κ3) is 3.04. The van der Waals surface area contributed by atoms with Gasteiger partial charge in [-0.25, -0.2) is 9.38 Å². The third-order valence-electron chi connectivity index (χ3n) is 3.33. The van der Waals surface area contributed by atoms with Gasteiger partial charge in [-0.3, -0.25) is 4.79 Å². The van der Waals surface area contributed by atoms with Crippen LogP contribution in [0, 0.1) is 18.2 Å². The van der Waals surface area contributed by atoms with Gasteiger partial charge in [-0.2, -0.15) is 0 Å². The summed E-state index contributed by atoms with van der Waals surface area (Å²) in [6.07, 6.45) is 6.74. The van der Waals surface area contributed by atoms with Crippen LogP contribution in [0.1, 0.15) is 15.9 Å². The fourth-order valence-corrected chi connectivity index (χ4v) is 2.28. The monoisotopic (exact) mass is 305 g/mol. The van der Waals surface area contributed by atoms with Gasteiger partial charge in [-0.1, -0.05) is 30.2 Å². The third-order valence-corrected chi connectivity index (χ3v) is 3.33. The number of halogens is 1. The van der Waals surface area contributed by atoms with Gasteiger partial charge in [0.25, 0.3) is 0 Å². The van der Waals surface area contributed by atoms with Gasteiger partial charge >= 0.3 is 0 Å². The predicted molar refractivity (Wildman–Crippen MR) is 86.2 cm³/mol. The van der Waals surface area contributed by atoms with Gasteiger partial charge in [0, 0.05) is 17.2 Å². The lowest BCUT2D eigenvalue weighted by Gasteiger charge is -2.17. The fourth-order valence-electron chi connectivity index (χ4n) is 2.28. The van der Waals surface area contributed by atoms with Crippen molar-refractivity contribution in [3.05, 3.63) is 77.3 Å². The standard InChI is InChI=1S/C19H12FNO2/c1-2-11-23-18-12-17(21-14-9-7-13(20)8-10-14)15-5-3-4-6-16(15)19(18)22/h1,3-10,12H,11H2. The normalized spacial score (nSPS) is 14.9. The van der Waals surface area contributed by atoms with E-state index in [0.717, 1.165) is 0 Å². The molecule has 4 heteroatoms. The Kier molecular flexibility index (Phi) is 4.03. The van der Waals surface area contributed by atoms with Gasteiger partial charge in [-0.15, -0.1) is 6.42 Å². The van der Waals surface area contributed by atoms with Crippen molar-refractivity contribution in [1.82, 2.24) is 0 Å².